The number of aryl methyl sites for hydroxylation is 2. The first-order chi connectivity index (χ1) is 9.69. The van der Waals surface area contributed by atoms with Crippen LogP contribution >= 0.6 is 12.2 Å². The molecule has 0 aromatic carbocycles. The Balaban J connectivity index is 1.90. The first-order valence-corrected chi connectivity index (χ1v) is 7.70. The zero-order valence-electron chi connectivity index (χ0n) is 11.9. The largest absolute Gasteiger partial charge is 0.389 e. The van der Waals surface area contributed by atoms with Gasteiger partial charge in [-0.3, -0.25) is 0 Å². The first kappa shape index (κ1) is 13.8. The number of nitrogens with two attached hydrogens (primary N) is 1. The second-order valence-corrected chi connectivity index (χ2v) is 6.05. The zero-order valence-corrected chi connectivity index (χ0v) is 12.7. The Morgan fingerprint density at radius 3 is 2.80 bits per heavy atom. The molecule has 0 radical (unpaired) electrons. The second-order valence-electron chi connectivity index (χ2n) is 5.61. The molecule has 1 aliphatic carbocycles. The number of fused-ring (bicyclic) bond motifs is 1. The predicted octanol–water partition coefficient (Wildman–Crippen LogP) is 1.82. The summed E-state index contributed by atoms with van der Waals surface area (Å²) in [6, 6.07) is 2.16. The molecule has 1 aromatic rings. The predicted molar refractivity (Wildman–Crippen MR) is 84.4 cm³/mol. The number of thiocarbonyl (C=S) groups is 1. The normalized spacial score (nSPS) is 19.1. The van der Waals surface area contributed by atoms with E-state index in [1.807, 2.05) is 0 Å². The minimum atomic E-state index is 0.369. The summed E-state index contributed by atoms with van der Waals surface area (Å²) < 4.78 is 5.43. The SMILES string of the molecule is COC1CCN(c2nc3c(cc2C(N)=S)CCC3)CC1. The van der Waals surface area contributed by atoms with Gasteiger partial charge in [0.25, 0.3) is 0 Å². The molecule has 108 valence electrons. The van der Waals surface area contributed by atoms with Crippen molar-refractivity contribution in [2.24, 2.45) is 5.73 Å². The molecule has 0 spiro atoms. The van der Waals surface area contributed by atoms with Gasteiger partial charge in [-0.2, -0.15) is 0 Å². The van der Waals surface area contributed by atoms with Crippen LogP contribution in [0.25, 0.3) is 0 Å². The van der Waals surface area contributed by atoms with E-state index < -0.39 is 0 Å². The van der Waals surface area contributed by atoms with Gasteiger partial charge in [0.2, 0.25) is 0 Å². The number of anilines is 1. The molecule has 1 aromatic heterocycles. The highest BCUT2D eigenvalue weighted by Crippen LogP contribution is 2.29. The quantitative estimate of drug-likeness (QED) is 0.861. The molecular formula is C15H21N3OS. The van der Waals surface area contributed by atoms with Crippen molar-refractivity contribution >= 4 is 23.0 Å². The molecule has 0 amide bonds. The maximum absolute atomic E-state index is 5.91. The molecule has 2 N–H and O–H groups in total. The number of nitrogens with zero attached hydrogens (tertiary/aromatic N) is 2. The highest BCUT2D eigenvalue weighted by molar-refractivity contribution is 7.80. The van der Waals surface area contributed by atoms with Gasteiger partial charge in [-0.15, -0.1) is 0 Å². The van der Waals surface area contributed by atoms with Crippen LogP contribution in [0.5, 0.6) is 0 Å². The van der Waals surface area contributed by atoms with Gasteiger partial charge in [0.05, 0.1) is 11.7 Å². The van der Waals surface area contributed by atoms with E-state index in [1.54, 1.807) is 7.11 Å². The molecule has 0 unspecified atom stereocenters. The summed E-state index contributed by atoms with van der Waals surface area (Å²) in [4.78, 5) is 7.63. The number of methoxy groups -OCH3 is 1. The van der Waals surface area contributed by atoms with E-state index in [0.29, 0.717) is 11.1 Å². The molecule has 2 heterocycles. The summed E-state index contributed by atoms with van der Waals surface area (Å²) in [5, 5.41) is 0. The van der Waals surface area contributed by atoms with Crippen molar-refractivity contribution in [3.05, 3.63) is 22.9 Å². The Labute approximate surface area is 125 Å². The summed E-state index contributed by atoms with van der Waals surface area (Å²) in [6.07, 6.45) is 5.80. The minimum Gasteiger partial charge on any atom is -0.389 e. The third kappa shape index (κ3) is 2.52. The van der Waals surface area contributed by atoms with Crippen molar-refractivity contribution in [3.63, 3.8) is 0 Å². The van der Waals surface area contributed by atoms with Crippen LogP contribution in [0, 0.1) is 0 Å². The molecule has 0 bridgehead atoms. The number of pyridine rings is 1. The molecule has 0 saturated carbocycles. The molecule has 20 heavy (non-hydrogen) atoms. The van der Waals surface area contributed by atoms with Crippen molar-refractivity contribution in [3.8, 4) is 0 Å². The molecule has 2 aliphatic rings. The van der Waals surface area contributed by atoms with Crippen LogP contribution in [0.3, 0.4) is 0 Å². The van der Waals surface area contributed by atoms with Crippen LogP contribution < -0.4 is 10.6 Å². The molecule has 4 nitrogen and oxygen atoms in total. The lowest BCUT2D eigenvalue weighted by Crippen LogP contribution is -2.38. The van der Waals surface area contributed by atoms with Crippen molar-refractivity contribution in [1.82, 2.24) is 4.98 Å². The van der Waals surface area contributed by atoms with E-state index >= 15 is 0 Å². The fourth-order valence-electron chi connectivity index (χ4n) is 3.19. The van der Waals surface area contributed by atoms with Gasteiger partial charge in [-0.05, 0) is 43.7 Å². The highest BCUT2D eigenvalue weighted by Gasteiger charge is 2.25. The van der Waals surface area contributed by atoms with Crippen molar-refractivity contribution in [2.75, 3.05) is 25.1 Å². The number of piperidine rings is 1. The Kier molecular flexibility index (Phi) is 3.89. The smallest absolute Gasteiger partial charge is 0.139 e. The molecule has 3 rings (SSSR count). The van der Waals surface area contributed by atoms with Gasteiger partial charge in [-0.25, -0.2) is 4.98 Å². The summed E-state index contributed by atoms with van der Waals surface area (Å²) in [7, 11) is 1.79. The van der Waals surface area contributed by atoms with Crippen LogP contribution in [-0.2, 0) is 17.6 Å². The molecule has 1 saturated heterocycles. The Bertz CT molecular complexity index is 524. The lowest BCUT2D eigenvalue weighted by molar-refractivity contribution is 0.0818. The average molecular weight is 291 g/mol. The van der Waals surface area contributed by atoms with Gasteiger partial charge >= 0.3 is 0 Å². The van der Waals surface area contributed by atoms with Gasteiger partial charge in [-0.1, -0.05) is 12.2 Å². The fraction of sp³-hybridized carbons (Fsp3) is 0.600. The van der Waals surface area contributed by atoms with Gasteiger partial charge in [0.1, 0.15) is 10.8 Å². The summed E-state index contributed by atoms with van der Waals surface area (Å²) in [5.41, 5.74) is 9.40. The van der Waals surface area contributed by atoms with Crippen LogP contribution in [-0.4, -0.2) is 36.3 Å². The summed E-state index contributed by atoms with van der Waals surface area (Å²) >= 11 is 5.22. The van der Waals surface area contributed by atoms with Gasteiger partial charge in [0.15, 0.2) is 0 Å². The second kappa shape index (κ2) is 5.66. The van der Waals surface area contributed by atoms with E-state index in [9.17, 15) is 0 Å². The maximum atomic E-state index is 5.91. The minimum absolute atomic E-state index is 0.369. The third-order valence-electron chi connectivity index (χ3n) is 4.37. The molecular weight excluding hydrogens is 270 g/mol. The summed E-state index contributed by atoms with van der Waals surface area (Å²) in [5.74, 6) is 0.979. The number of ether oxygens (including phenoxy) is 1. The van der Waals surface area contributed by atoms with Crippen LogP contribution in [0.2, 0.25) is 0 Å². The van der Waals surface area contributed by atoms with E-state index in [1.165, 1.54) is 17.7 Å². The maximum Gasteiger partial charge on any atom is 0.139 e. The Morgan fingerprint density at radius 1 is 1.40 bits per heavy atom. The number of hydrogen-bond acceptors (Lipinski definition) is 4. The number of rotatable bonds is 3. The molecule has 5 heteroatoms. The lowest BCUT2D eigenvalue weighted by Gasteiger charge is -2.33. The van der Waals surface area contributed by atoms with E-state index in [4.69, 9.17) is 27.7 Å². The molecule has 0 atom stereocenters. The van der Waals surface area contributed by atoms with Crippen LogP contribution in [0.15, 0.2) is 6.07 Å². The fourth-order valence-corrected chi connectivity index (χ4v) is 3.34. The Hall–Kier alpha value is -1.20. The molecule has 1 aliphatic heterocycles. The van der Waals surface area contributed by atoms with Crippen molar-refractivity contribution < 1.29 is 4.74 Å². The van der Waals surface area contributed by atoms with Crippen molar-refractivity contribution in [2.45, 2.75) is 38.2 Å². The van der Waals surface area contributed by atoms with E-state index in [-0.39, 0.29) is 0 Å². The number of aromatic nitrogens is 1. The average Bonchev–Trinajstić information content (AvgIpc) is 2.93. The lowest BCUT2D eigenvalue weighted by atomic mass is 10.1. The van der Waals surface area contributed by atoms with Crippen LogP contribution in [0.1, 0.15) is 36.1 Å². The van der Waals surface area contributed by atoms with E-state index in [0.717, 1.165) is 50.2 Å². The first-order valence-electron chi connectivity index (χ1n) is 7.29. The molecule has 1 fully saturated rings. The number of hydrogen-bond donors (Lipinski definition) is 1. The topological polar surface area (TPSA) is 51.4 Å². The standard InChI is InChI=1S/C15H21N3OS/c1-19-11-5-7-18(8-6-11)15-12(14(16)20)9-10-3-2-4-13(10)17-15/h9,11H,2-8H2,1H3,(H2,16,20). The monoisotopic (exact) mass is 291 g/mol. The highest BCUT2D eigenvalue weighted by atomic mass is 32.1. The zero-order chi connectivity index (χ0) is 14.1. The van der Waals surface area contributed by atoms with Gasteiger partial charge in [0, 0.05) is 25.9 Å². The third-order valence-corrected chi connectivity index (χ3v) is 4.59. The summed E-state index contributed by atoms with van der Waals surface area (Å²) in [6.45, 7) is 1.92. The van der Waals surface area contributed by atoms with Crippen LogP contribution in [0.4, 0.5) is 5.82 Å². The van der Waals surface area contributed by atoms with Gasteiger partial charge < -0.3 is 15.4 Å². The van der Waals surface area contributed by atoms with E-state index in [2.05, 4.69) is 11.0 Å². The van der Waals surface area contributed by atoms with Crippen molar-refractivity contribution in [1.29, 1.82) is 0 Å². The Morgan fingerprint density at radius 2 is 2.15 bits per heavy atom.